The molecule has 0 bridgehead atoms. The molecule has 0 N–H and O–H groups in total. The first-order valence-corrected chi connectivity index (χ1v) is 10.1. The van der Waals surface area contributed by atoms with Gasteiger partial charge in [-0.1, -0.05) is 24.3 Å². The number of allylic oxidation sites excluding steroid dienone is 5. The normalized spacial score (nSPS) is 16.0. The van der Waals surface area contributed by atoms with Crippen molar-refractivity contribution >= 4 is 17.1 Å². The van der Waals surface area contributed by atoms with Crippen LogP contribution in [0.1, 0.15) is 36.8 Å². The quantitative estimate of drug-likeness (QED) is 0.657. The van der Waals surface area contributed by atoms with Crippen LogP contribution in [0.15, 0.2) is 77.4 Å². The maximum absolute atomic E-state index is 13.1. The van der Waals surface area contributed by atoms with Crippen LogP contribution in [-0.2, 0) is 9.59 Å². The van der Waals surface area contributed by atoms with Gasteiger partial charge in [-0.25, -0.2) is 0 Å². The molecule has 4 rings (SSSR count). The minimum Gasteiger partial charge on any atom is -0.497 e. The van der Waals surface area contributed by atoms with Crippen molar-refractivity contribution in [2.45, 2.75) is 25.7 Å². The first-order valence-electron chi connectivity index (χ1n) is 10.1. The molecule has 2 aromatic carbocycles. The van der Waals surface area contributed by atoms with E-state index in [1.54, 1.807) is 14.2 Å². The summed E-state index contributed by atoms with van der Waals surface area (Å²) >= 11 is 0. The van der Waals surface area contributed by atoms with Gasteiger partial charge in [0, 0.05) is 16.7 Å². The van der Waals surface area contributed by atoms with Crippen molar-refractivity contribution in [3.8, 4) is 11.5 Å². The molecule has 0 spiro atoms. The first kappa shape index (κ1) is 19.9. The fraction of sp³-hybridized carbons (Fsp3) is 0.231. The van der Waals surface area contributed by atoms with Crippen LogP contribution in [0.4, 0.5) is 0 Å². The SMILES string of the molecule is COc1ccc(C(=CC2=CC(=O)C3=C(CCCC3)C2=O)c2ccc(OC)cc2)cc1. The van der Waals surface area contributed by atoms with Crippen molar-refractivity contribution in [1.29, 1.82) is 0 Å². The highest BCUT2D eigenvalue weighted by molar-refractivity contribution is 6.24. The van der Waals surface area contributed by atoms with Gasteiger partial charge >= 0.3 is 0 Å². The van der Waals surface area contributed by atoms with Gasteiger partial charge in [-0.05, 0) is 78.8 Å². The highest BCUT2D eigenvalue weighted by Gasteiger charge is 2.29. The Balaban J connectivity index is 1.79. The van der Waals surface area contributed by atoms with Crippen LogP contribution in [-0.4, -0.2) is 25.8 Å². The Kier molecular flexibility index (Phi) is 5.66. The molecule has 152 valence electrons. The Hall–Kier alpha value is -3.40. The van der Waals surface area contributed by atoms with Crippen molar-refractivity contribution in [1.82, 2.24) is 0 Å². The van der Waals surface area contributed by atoms with E-state index in [2.05, 4.69) is 0 Å². The minimum absolute atomic E-state index is 0.0242. The van der Waals surface area contributed by atoms with E-state index in [9.17, 15) is 9.59 Å². The molecule has 0 heterocycles. The third-order valence-corrected chi connectivity index (χ3v) is 5.69. The lowest BCUT2D eigenvalue weighted by molar-refractivity contribution is -0.116. The molecule has 2 aliphatic carbocycles. The Morgan fingerprint density at radius 3 is 1.77 bits per heavy atom. The molecule has 0 saturated carbocycles. The summed E-state index contributed by atoms with van der Waals surface area (Å²) < 4.78 is 10.5. The molecule has 0 amide bonds. The predicted octanol–water partition coefficient (Wildman–Crippen LogP) is 5.08. The number of ketones is 2. The molecule has 4 nitrogen and oxygen atoms in total. The zero-order valence-electron chi connectivity index (χ0n) is 17.2. The van der Waals surface area contributed by atoms with Crippen LogP contribution in [0.3, 0.4) is 0 Å². The van der Waals surface area contributed by atoms with E-state index >= 15 is 0 Å². The minimum atomic E-state index is -0.0284. The van der Waals surface area contributed by atoms with Crippen LogP contribution >= 0.6 is 0 Å². The fourth-order valence-corrected chi connectivity index (χ4v) is 4.03. The molecule has 30 heavy (non-hydrogen) atoms. The van der Waals surface area contributed by atoms with E-state index in [0.717, 1.165) is 41.0 Å². The predicted molar refractivity (Wildman–Crippen MR) is 117 cm³/mol. The number of benzene rings is 2. The van der Waals surface area contributed by atoms with E-state index in [4.69, 9.17) is 9.47 Å². The van der Waals surface area contributed by atoms with Crippen molar-refractivity contribution in [3.05, 3.63) is 88.5 Å². The summed E-state index contributed by atoms with van der Waals surface area (Å²) in [7, 11) is 3.25. The molecule has 0 fully saturated rings. The highest BCUT2D eigenvalue weighted by Crippen LogP contribution is 2.34. The molecular formula is C26H24O4. The van der Waals surface area contributed by atoms with E-state index < -0.39 is 0 Å². The molecule has 0 atom stereocenters. The van der Waals surface area contributed by atoms with Crippen LogP contribution < -0.4 is 9.47 Å². The summed E-state index contributed by atoms with van der Waals surface area (Å²) in [5.74, 6) is 1.46. The molecule has 0 saturated heterocycles. The Morgan fingerprint density at radius 2 is 1.27 bits per heavy atom. The maximum atomic E-state index is 13.1. The second kappa shape index (κ2) is 8.54. The van der Waals surface area contributed by atoms with Gasteiger partial charge in [0.1, 0.15) is 11.5 Å². The lowest BCUT2D eigenvalue weighted by atomic mass is 9.80. The summed E-state index contributed by atoms with van der Waals surface area (Å²) in [6.45, 7) is 0. The average Bonchev–Trinajstić information content (AvgIpc) is 2.81. The van der Waals surface area contributed by atoms with Crippen LogP contribution in [0, 0.1) is 0 Å². The third kappa shape index (κ3) is 3.86. The molecule has 0 aromatic heterocycles. The molecule has 2 aromatic rings. The molecule has 4 heteroatoms. The first-order chi connectivity index (χ1) is 14.6. The summed E-state index contributed by atoms with van der Waals surface area (Å²) in [5, 5.41) is 0. The van der Waals surface area contributed by atoms with E-state index in [-0.39, 0.29) is 11.6 Å². The Bertz CT molecular complexity index is 1020. The van der Waals surface area contributed by atoms with Crippen LogP contribution in [0.25, 0.3) is 5.57 Å². The number of carbonyl (C=O) groups excluding carboxylic acids is 2. The van der Waals surface area contributed by atoms with Gasteiger partial charge in [-0.15, -0.1) is 0 Å². The second-order valence-corrected chi connectivity index (χ2v) is 7.47. The summed E-state index contributed by atoms with van der Waals surface area (Å²) in [4.78, 5) is 25.8. The van der Waals surface area contributed by atoms with Crippen molar-refractivity contribution in [2.24, 2.45) is 0 Å². The Morgan fingerprint density at radius 1 is 0.767 bits per heavy atom. The van der Waals surface area contributed by atoms with Gasteiger partial charge in [0.25, 0.3) is 0 Å². The average molecular weight is 400 g/mol. The standard InChI is InChI=1S/C26H24O4/c1-29-20-11-7-17(8-12-20)24(18-9-13-21(30-2)14-10-18)15-19-16-25(27)22-5-3-4-6-23(22)26(19)28/h7-16H,3-6H2,1-2H3. The molecule has 0 unspecified atom stereocenters. The number of ether oxygens (including phenoxy) is 2. The fourth-order valence-electron chi connectivity index (χ4n) is 4.03. The molecule has 0 radical (unpaired) electrons. The van der Waals surface area contributed by atoms with Crippen LogP contribution in [0.5, 0.6) is 11.5 Å². The van der Waals surface area contributed by atoms with Gasteiger partial charge < -0.3 is 9.47 Å². The highest BCUT2D eigenvalue weighted by atomic mass is 16.5. The maximum Gasteiger partial charge on any atom is 0.189 e. The van der Waals surface area contributed by atoms with E-state index in [1.807, 2.05) is 54.6 Å². The van der Waals surface area contributed by atoms with Crippen molar-refractivity contribution < 1.29 is 19.1 Å². The third-order valence-electron chi connectivity index (χ3n) is 5.69. The van der Waals surface area contributed by atoms with Crippen molar-refractivity contribution in [3.63, 3.8) is 0 Å². The molecule has 0 aliphatic heterocycles. The van der Waals surface area contributed by atoms with Gasteiger partial charge in [0.15, 0.2) is 11.6 Å². The van der Waals surface area contributed by atoms with E-state index in [0.29, 0.717) is 29.6 Å². The van der Waals surface area contributed by atoms with Gasteiger partial charge in [-0.2, -0.15) is 0 Å². The van der Waals surface area contributed by atoms with Crippen LogP contribution in [0.2, 0.25) is 0 Å². The van der Waals surface area contributed by atoms with Gasteiger partial charge in [-0.3, -0.25) is 9.59 Å². The van der Waals surface area contributed by atoms with E-state index in [1.165, 1.54) is 6.08 Å². The largest absolute Gasteiger partial charge is 0.497 e. The zero-order chi connectivity index (χ0) is 21.1. The molecular weight excluding hydrogens is 376 g/mol. The number of hydrogen-bond acceptors (Lipinski definition) is 4. The van der Waals surface area contributed by atoms with Gasteiger partial charge in [0.05, 0.1) is 14.2 Å². The zero-order valence-corrected chi connectivity index (χ0v) is 17.2. The number of Topliss-reactive ketones (excluding diaryl/α,β-unsaturated/α-hetero) is 1. The smallest absolute Gasteiger partial charge is 0.189 e. The number of rotatable bonds is 5. The molecule has 2 aliphatic rings. The number of hydrogen-bond donors (Lipinski definition) is 0. The summed E-state index contributed by atoms with van der Waals surface area (Å²) in [6, 6.07) is 15.4. The van der Waals surface area contributed by atoms with Crippen molar-refractivity contribution in [2.75, 3.05) is 14.2 Å². The van der Waals surface area contributed by atoms with Gasteiger partial charge in [0.2, 0.25) is 0 Å². The monoisotopic (exact) mass is 400 g/mol. The summed E-state index contributed by atoms with van der Waals surface area (Å²) in [5.41, 5.74) is 4.59. The second-order valence-electron chi connectivity index (χ2n) is 7.47. The number of methoxy groups -OCH3 is 2. The Labute approximate surface area is 176 Å². The summed E-state index contributed by atoms with van der Waals surface area (Å²) in [6.07, 6.45) is 6.66. The lowest BCUT2D eigenvalue weighted by Gasteiger charge is -2.22. The number of carbonyl (C=O) groups is 2. The lowest BCUT2D eigenvalue weighted by Crippen LogP contribution is -2.21. The topological polar surface area (TPSA) is 52.6 Å².